The van der Waals surface area contributed by atoms with Crippen LogP contribution in [0.2, 0.25) is 0 Å². The number of likely N-dealkylation sites (tertiary alicyclic amines) is 1. The predicted octanol–water partition coefficient (Wildman–Crippen LogP) is 0.521. The highest BCUT2D eigenvalue weighted by Crippen LogP contribution is 2.31. The zero-order valence-corrected chi connectivity index (χ0v) is 10.3. The second kappa shape index (κ2) is 3.91. The molecule has 0 radical (unpaired) electrons. The fraction of sp³-hybridized carbons (Fsp3) is 0.500. The molecule has 7 heteroatoms. The first-order valence-electron chi connectivity index (χ1n) is 6.45. The average molecular weight is 259 g/mol. The monoisotopic (exact) mass is 259 g/mol. The number of carbonyl (C=O) groups excluding carboxylic acids is 1. The summed E-state index contributed by atoms with van der Waals surface area (Å²) in [6.07, 6.45) is 4.82. The van der Waals surface area contributed by atoms with E-state index in [1.807, 2.05) is 0 Å². The van der Waals surface area contributed by atoms with Crippen molar-refractivity contribution in [3.8, 4) is 0 Å². The van der Waals surface area contributed by atoms with Gasteiger partial charge >= 0.3 is 0 Å². The largest absolute Gasteiger partial charge is 0.459 e. The number of H-pyrrole nitrogens is 1. The Labute approximate surface area is 109 Å². The van der Waals surface area contributed by atoms with E-state index < -0.39 is 0 Å². The summed E-state index contributed by atoms with van der Waals surface area (Å²) < 4.78 is 5.44. The first-order valence-corrected chi connectivity index (χ1v) is 6.45. The van der Waals surface area contributed by atoms with E-state index in [1.54, 1.807) is 11.2 Å². The number of nitrogens with one attached hydrogen (secondary N) is 1. The van der Waals surface area contributed by atoms with Gasteiger partial charge in [-0.2, -0.15) is 5.21 Å². The van der Waals surface area contributed by atoms with E-state index in [4.69, 9.17) is 4.42 Å². The smallest absolute Gasteiger partial charge is 0.289 e. The number of aryl methyl sites for hydroxylation is 1. The fourth-order valence-electron chi connectivity index (χ4n) is 2.83. The molecular weight excluding hydrogens is 246 g/mol. The van der Waals surface area contributed by atoms with Gasteiger partial charge in [-0.15, -0.1) is 10.2 Å². The number of aromatic amines is 1. The molecule has 4 rings (SSSR count). The number of carbonyl (C=O) groups is 1. The molecule has 1 amide bonds. The highest BCUT2D eigenvalue weighted by molar-refractivity contribution is 5.94. The summed E-state index contributed by atoms with van der Waals surface area (Å²) in [5.41, 5.74) is 2.30. The number of tetrazole rings is 1. The Balaban J connectivity index is 1.48. The lowest BCUT2D eigenvalue weighted by Gasteiger charge is -2.36. The maximum atomic E-state index is 12.3. The van der Waals surface area contributed by atoms with E-state index in [1.165, 1.54) is 5.56 Å². The number of fused-ring (bicyclic) bond motifs is 1. The Morgan fingerprint density at radius 3 is 3.11 bits per heavy atom. The topological polar surface area (TPSA) is 87.9 Å². The molecule has 98 valence electrons. The molecule has 7 nitrogen and oxygen atoms in total. The molecule has 0 spiro atoms. The second-order valence-corrected chi connectivity index (χ2v) is 5.10. The van der Waals surface area contributed by atoms with Crippen molar-refractivity contribution < 1.29 is 9.21 Å². The quantitative estimate of drug-likeness (QED) is 0.849. The summed E-state index contributed by atoms with van der Waals surface area (Å²) in [6, 6.07) is 0. The summed E-state index contributed by atoms with van der Waals surface area (Å²) >= 11 is 0. The summed E-state index contributed by atoms with van der Waals surface area (Å²) in [5, 5.41) is 13.9. The Bertz CT molecular complexity index is 612. The van der Waals surface area contributed by atoms with E-state index in [-0.39, 0.29) is 11.8 Å². The molecule has 0 bridgehead atoms. The van der Waals surface area contributed by atoms with Gasteiger partial charge in [-0.3, -0.25) is 4.79 Å². The van der Waals surface area contributed by atoms with Crippen LogP contribution in [0.15, 0.2) is 10.7 Å². The molecule has 0 atom stereocenters. The molecule has 0 unspecified atom stereocenters. The summed E-state index contributed by atoms with van der Waals surface area (Å²) in [7, 11) is 0. The number of hydrogen-bond acceptors (Lipinski definition) is 5. The van der Waals surface area contributed by atoms with E-state index in [2.05, 4.69) is 20.6 Å². The molecule has 1 N–H and O–H groups in total. The SMILES string of the molecule is O=C(c1occ2c1CCC2)N1CC(c2nn[nH]n2)C1. The second-order valence-electron chi connectivity index (χ2n) is 5.10. The van der Waals surface area contributed by atoms with Crippen LogP contribution in [0.3, 0.4) is 0 Å². The molecule has 1 saturated heterocycles. The van der Waals surface area contributed by atoms with Gasteiger partial charge in [0.15, 0.2) is 11.6 Å². The zero-order chi connectivity index (χ0) is 12.8. The standard InChI is InChI=1S/C12H13N5O2/c18-12(10-9-3-1-2-7(9)6-19-10)17-4-8(5-17)11-13-15-16-14-11/h6,8H,1-5H2,(H,13,14,15,16). The van der Waals surface area contributed by atoms with Crippen LogP contribution in [0.4, 0.5) is 0 Å². The molecule has 19 heavy (non-hydrogen) atoms. The Hall–Kier alpha value is -2.18. The summed E-state index contributed by atoms with van der Waals surface area (Å²) in [6.45, 7) is 1.27. The predicted molar refractivity (Wildman–Crippen MR) is 63.6 cm³/mol. The molecule has 2 aromatic rings. The Kier molecular flexibility index (Phi) is 2.20. The average Bonchev–Trinajstić information content (AvgIpc) is 3.03. The normalized spacial score (nSPS) is 18.4. The van der Waals surface area contributed by atoms with Gasteiger partial charge in [0.25, 0.3) is 5.91 Å². The summed E-state index contributed by atoms with van der Waals surface area (Å²) in [5.74, 6) is 1.38. The van der Waals surface area contributed by atoms with Crippen LogP contribution < -0.4 is 0 Å². The Morgan fingerprint density at radius 1 is 1.42 bits per heavy atom. The minimum atomic E-state index is -0.0112. The minimum Gasteiger partial charge on any atom is -0.459 e. The summed E-state index contributed by atoms with van der Waals surface area (Å²) in [4.78, 5) is 14.1. The van der Waals surface area contributed by atoms with Gasteiger partial charge in [0, 0.05) is 18.7 Å². The maximum absolute atomic E-state index is 12.3. The van der Waals surface area contributed by atoms with Crippen molar-refractivity contribution in [2.24, 2.45) is 0 Å². The lowest BCUT2D eigenvalue weighted by atomic mass is 9.98. The van der Waals surface area contributed by atoms with Crippen molar-refractivity contribution in [3.05, 3.63) is 29.0 Å². The van der Waals surface area contributed by atoms with Crippen LogP contribution in [0.5, 0.6) is 0 Å². The molecule has 1 fully saturated rings. The molecule has 2 aromatic heterocycles. The number of furan rings is 1. The van der Waals surface area contributed by atoms with Gasteiger partial charge in [0.05, 0.1) is 12.2 Å². The van der Waals surface area contributed by atoms with E-state index in [0.717, 1.165) is 24.8 Å². The van der Waals surface area contributed by atoms with Crippen LogP contribution in [-0.2, 0) is 12.8 Å². The van der Waals surface area contributed by atoms with Gasteiger partial charge in [-0.1, -0.05) is 5.21 Å². The molecule has 2 aliphatic rings. The Morgan fingerprint density at radius 2 is 2.32 bits per heavy atom. The molecular formula is C12H13N5O2. The van der Waals surface area contributed by atoms with E-state index >= 15 is 0 Å². The van der Waals surface area contributed by atoms with Crippen molar-refractivity contribution in [2.45, 2.75) is 25.2 Å². The third-order valence-corrected chi connectivity index (χ3v) is 3.94. The highest BCUT2D eigenvalue weighted by Gasteiger charge is 2.37. The number of hydrogen-bond donors (Lipinski definition) is 1. The maximum Gasteiger partial charge on any atom is 0.289 e. The van der Waals surface area contributed by atoms with E-state index in [9.17, 15) is 4.79 Å². The van der Waals surface area contributed by atoms with Crippen molar-refractivity contribution in [2.75, 3.05) is 13.1 Å². The fourth-order valence-corrected chi connectivity index (χ4v) is 2.83. The molecule has 1 aliphatic heterocycles. The first-order chi connectivity index (χ1) is 9.33. The van der Waals surface area contributed by atoms with Gasteiger partial charge in [-0.05, 0) is 24.8 Å². The highest BCUT2D eigenvalue weighted by atomic mass is 16.3. The number of amides is 1. The van der Waals surface area contributed by atoms with Crippen molar-refractivity contribution >= 4 is 5.91 Å². The lowest BCUT2D eigenvalue weighted by molar-refractivity contribution is 0.0560. The van der Waals surface area contributed by atoms with Crippen LogP contribution >= 0.6 is 0 Å². The van der Waals surface area contributed by atoms with Gasteiger partial charge in [0.1, 0.15) is 0 Å². The van der Waals surface area contributed by atoms with Gasteiger partial charge in [0.2, 0.25) is 0 Å². The first kappa shape index (κ1) is 10.7. The number of aromatic nitrogens is 4. The molecule has 3 heterocycles. The van der Waals surface area contributed by atoms with Crippen molar-refractivity contribution in [3.63, 3.8) is 0 Å². The van der Waals surface area contributed by atoms with Crippen LogP contribution in [0, 0.1) is 0 Å². The number of nitrogens with zero attached hydrogens (tertiary/aromatic N) is 4. The van der Waals surface area contributed by atoms with Gasteiger partial charge in [-0.25, -0.2) is 0 Å². The van der Waals surface area contributed by atoms with Crippen LogP contribution in [0.25, 0.3) is 0 Å². The third kappa shape index (κ3) is 1.57. The molecule has 0 saturated carbocycles. The van der Waals surface area contributed by atoms with E-state index in [0.29, 0.717) is 24.7 Å². The van der Waals surface area contributed by atoms with Gasteiger partial charge < -0.3 is 9.32 Å². The minimum absolute atomic E-state index is 0.0112. The lowest BCUT2D eigenvalue weighted by Crippen LogP contribution is -2.49. The third-order valence-electron chi connectivity index (χ3n) is 3.94. The molecule has 1 aliphatic carbocycles. The van der Waals surface area contributed by atoms with Crippen LogP contribution in [0.1, 0.15) is 39.8 Å². The van der Waals surface area contributed by atoms with Crippen molar-refractivity contribution in [1.29, 1.82) is 0 Å². The van der Waals surface area contributed by atoms with Crippen molar-refractivity contribution in [1.82, 2.24) is 25.5 Å². The molecule has 0 aromatic carbocycles. The van der Waals surface area contributed by atoms with Crippen LogP contribution in [-0.4, -0.2) is 44.5 Å². The number of rotatable bonds is 2. The zero-order valence-electron chi connectivity index (χ0n) is 10.3.